The van der Waals surface area contributed by atoms with Gasteiger partial charge in [-0.05, 0) is 18.9 Å². The molecule has 0 spiro atoms. The van der Waals surface area contributed by atoms with Crippen molar-refractivity contribution in [3.63, 3.8) is 0 Å². The number of nitrogens with zero attached hydrogens (tertiary/aromatic N) is 5. The van der Waals surface area contributed by atoms with E-state index < -0.39 is 10.0 Å². The van der Waals surface area contributed by atoms with Gasteiger partial charge in [0, 0.05) is 19.5 Å². The quantitative estimate of drug-likeness (QED) is 0.903. The van der Waals surface area contributed by atoms with Crippen molar-refractivity contribution in [2.24, 2.45) is 7.05 Å². The fourth-order valence-corrected chi connectivity index (χ4v) is 3.95. The van der Waals surface area contributed by atoms with Gasteiger partial charge >= 0.3 is 0 Å². The Kier molecular flexibility index (Phi) is 3.77. The van der Waals surface area contributed by atoms with E-state index in [1.165, 1.54) is 16.9 Å². The molecule has 3 rings (SSSR count). The largest absolute Gasteiger partial charge is 0.258 e. The third kappa shape index (κ3) is 2.66. The Morgan fingerprint density at radius 2 is 2.18 bits per heavy atom. The van der Waals surface area contributed by atoms with Gasteiger partial charge in [0.15, 0.2) is 10.9 Å². The van der Waals surface area contributed by atoms with Gasteiger partial charge in [0.2, 0.25) is 0 Å². The summed E-state index contributed by atoms with van der Waals surface area (Å²) < 4.78 is 30.9. The predicted octanol–water partition coefficient (Wildman–Crippen LogP) is 0.948. The number of hydrogen-bond acceptors (Lipinski definition) is 5. The van der Waals surface area contributed by atoms with Crippen molar-refractivity contribution in [2.45, 2.75) is 50.2 Å². The van der Waals surface area contributed by atoms with Crippen molar-refractivity contribution in [2.75, 3.05) is 0 Å². The third-order valence-electron chi connectivity index (χ3n) is 3.76. The van der Waals surface area contributed by atoms with Crippen LogP contribution < -0.4 is 4.72 Å². The minimum atomic E-state index is -3.63. The van der Waals surface area contributed by atoms with E-state index in [4.69, 9.17) is 0 Å². The van der Waals surface area contributed by atoms with Crippen LogP contribution in [0.3, 0.4) is 0 Å². The Bertz CT molecular complexity index is 776. The Balaban J connectivity index is 1.90. The highest BCUT2D eigenvalue weighted by molar-refractivity contribution is 7.89. The summed E-state index contributed by atoms with van der Waals surface area (Å²) in [5, 5.41) is 8.52. The van der Waals surface area contributed by atoms with Crippen molar-refractivity contribution in [1.82, 2.24) is 29.3 Å². The van der Waals surface area contributed by atoms with Gasteiger partial charge in [-0.15, -0.1) is 0 Å². The summed E-state index contributed by atoms with van der Waals surface area (Å²) >= 11 is 0. The van der Waals surface area contributed by atoms with E-state index in [0.717, 1.165) is 18.8 Å². The molecule has 0 bridgehead atoms. The average Bonchev–Trinajstić information content (AvgIpc) is 3.05. The van der Waals surface area contributed by atoms with Crippen molar-refractivity contribution < 1.29 is 8.42 Å². The van der Waals surface area contributed by atoms with Crippen LogP contribution in [0.5, 0.6) is 0 Å². The number of aromatic nitrogens is 5. The minimum Gasteiger partial charge on any atom is -0.256 e. The molecule has 1 atom stereocenters. The molecule has 22 heavy (non-hydrogen) atoms. The summed E-state index contributed by atoms with van der Waals surface area (Å²) in [7, 11) is -2.03. The van der Waals surface area contributed by atoms with E-state index in [0.29, 0.717) is 12.2 Å². The zero-order chi connectivity index (χ0) is 15.9. The molecule has 8 nitrogen and oxygen atoms in total. The SMILES string of the molecule is CC(C)c1nc2n(n1)CCC[C@@H]2NS(=O)(=O)c1ccnn1C. The summed E-state index contributed by atoms with van der Waals surface area (Å²) in [6.45, 7) is 4.82. The molecule has 2 aromatic rings. The van der Waals surface area contributed by atoms with Crippen LogP contribution >= 0.6 is 0 Å². The maximum atomic E-state index is 12.5. The molecule has 9 heteroatoms. The van der Waals surface area contributed by atoms with Crippen LogP contribution in [0.4, 0.5) is 0 Å². The van der Waals surface area contributed by atoms with Crippen molar-refractivity contribution >= 4 is 10.0 Å². The van der Waals surface area contributed by atoms with Crippen molar-refractivity contribution in [3.05, 3.63) is 23.9 Å². The molecule has 0 saturated heterocycles. The fourth-order valence-electron chi connectivity index (χ4n) is 2.60. The van der Waals surface area contributed by atoms with Crippen molar-refractivity contribution in [1.29, 1.82) is 0 Å². The highest BCUT2D eigenvalue weighted by atomic mass is 32.2. The highest BCUT2D eigenvalue weighted by Gasteiger charge is 2.30. The predicted molar refractivity (Wildman–Crippen MR) is 79.6 cm³/mol. The maximum absolute atomic E-state index is 12.5. The van der Waals surface area contributed by atoms with E-state index in [-0.39, 0.29) is 17.0 Å². The lowest BCUT2D eigenvalue weighted by Gasteiger charge is -2.22. The first-order valence-corrected chi connectivity index (χ1v) is 8.82. The van der Waals surface area contributed by atoms with Crippen LogP contribution in [0.25, 0.3) is 0 Å². The average molecular weight is 324 g/mol. The van der Waals surface area contributed by atoms with Gasteiger partial charge in [-0.1, -0.05) is 13.8 Å². The van der Waals surface area contributed by atoms with Crippen LogP contribution in [0.2, 0.25) is 0 Å². The summed E-state index contributed by atoms with van der Waals surface area (Å²) in [6.07, 6.45) is 3.05. The maximum Gasteiger partial charge on any atom is 0.258 e. The Morgan fingerprint density at radius 1 is 1.41 bits per heavy atom. The van der Waals surface area contributed by atoms with Gasteiger partial charge in [0.25, 0.3) is 10.0 Å². The van der Waals surface area contributed by atoms with Crippen LogP contribution in [-0.2, 0) is 23.6 Å². The second kappa shape index (κ2) is 5.47. The molecule has 2 aromatic heterocycles. The van der Waals surface area contributed by atoms with Gasteiger partial charge in [-0.3, -0.25) is 4.68 Å². The van der Waals surface area contributed by atoms with Gasteiger partial charge in [-0.25, -0.2) is 18.1 Å². The van der Waals surface area contributed by atoms with Gasteiger partial charge in [0.1, 0.15) is 5.82 Å². The minimum absolute atomic E-state index is 0.147. The molecule has 0 unspecified atom stereocenters. The van der Waals surface area contributed by atoms with E-state index in [1.54, 1.807) is 7.05 Å². The second-order valence-electron chi connectivity index (χ2n) is 5.82. The van der Waals surface area contributed by atoms with Crippen LogP contribution in [0.1, 0.15) is 50.3 Å². The molecule has 0 fully saturated rings. The molecule has 1 aliphatic rings. The molecular formula is C13H20N6O2S. The summed E-state index contributed by atoms with van der Waals surface area (Å²) in [5.74, 6) is 1.66. The Labute approximate surface area is 129 Å². The smallest absolute Gasteiger partial charge is 0.256 e. The molecule has 120 valence electrons. The van der Waals surface area contributed by atoms with Gasteiger partial charge in [-0.2, -0.15) is 14.9 Å². The number of sulfonamides is 1. The van der Waals surface area contributed by atoms with Crippen LogP contribution in [0.15, 0.2) is 17.3 Å². The highest BCUT2D eigenvalue weighted by Crippen LogP contribution is 2.26. The standard InChI is InChI=1S/C13H20N6O2S/c1-9(2)12-15-13-10(5-4-8-19(13)16-12)17-22(20,21)11-6-7-14-18(11)3/h6-7,9-10,17H,4-5,8H2,1-3H3/t10-/m0/s1. The number of hydrogen-bond donors (Lipinski definition) is 1. The molecule has 0 amide bonds. The lowest BCUT2D eigenvalue weighted by atomic mass is 10.1. The molecule has 1 N–H and O–H groups in total. The van der Waals surface area contributed by atoms with E-state index >= 15 is 0 Å². The Morgan fingerprint density at radius 3 is 2.82 bits per heavy atom. The van der Waals surface area contributed by atoms with E-state index in [1.807, 2.05) is 18.5 Å². The zero-order valence-electron chi connectivity index (χ0n) is 12.9. The van der Waals surface area contributed by atoms with Crippen LogP contribution in [-0.4, -0.2) is 33.0 Å². The molecule has 0 saturated carbocycles. The van der Waals surface area contributed by atoms with Crippen LogP contribution in [0, 0.1) is 0 Å². The monoisotopic (exact) mass is 324 g/mol. The molecule has 0 aromatic carbocycles. The number of fused-ring (bicyclic) bond motifs is 1. The molecule has 0 radical (unpaired) electrons. The number of rotatable bonds is 4. The second-order valence-corrected chi connectivity index (χ2v) is 7.48. The number of aryl methyl sites for hydroxylation is 2. The topological polar surface area (TPSA) is 94.7 Å². The summed E-state index contributed by atoms with van der Waals surface area (Å²) in [6, 6.07) is 1.13. The lowest BCUT2D eigenvalue weighted by molar-refractivity contribution is 0.398. The third-order valence-corrected chi connectivity index (χ3v) is 5.30. The van der Waals surface area contributed by atoms with Crippen molar-refractivity contribution in [3.8, 4) is 0 Å². The number of nitrogens with one attached hydrogen (secondary N) is 1. The van der Waals surface area contributed by atoms with E-state index in [2.05, 4.69) is 19.9 Å². The van der Waals surface area contributed by atoms with Gasteiger partial charge in [0.05, 0.1) is 12.2 Å². The zero-order valence-corrected chi connectivity index (χ0v) is 13.7. The first-order valence-electron chi connectivity index (χ1n) is 7.33. The molecular weight excluding hydrogens is 304 g/mol. The normalized spacial score (nSPS) is 18.6. The fraction of sp³-hybridized carbons (Fsp3) is 0.615. The first-order chi connectivity index (χ1) is 10.4. The molecule has 1 aliphatic heterocycles. The Hall–Kier alpha value is -1.74. The van der Waals surface area contributed by atoms with E-state index in [9.17, 15) is 8.42 Å². The first kappa shape index (κ1) is 15.2. The summed E-state index contributed by atoms with van der Waals surface area (Å²) in [5.41, 5.74) is 0. The van der Waals surface area contributed by atoms with Gasteiger partial charge < -0.3 is 0 Å². The summed E-state index contributed by atoms with van der Waals surface area (Å²) in [4.78, 5) is 4.52. The molecule has 0 aliphatic carbocycles. The molecule has 3 heterocycles. The lowest BCUT2D eigenvalue weighted by Crippen LogP contribution is -2.34.